The number of hydrogen-bond acceptors (Lipinski definition) is 1. The minimum absolute atomic E-state index is 0.823. The Kier molecular flexibility index (Phi) is 6.63. The molecule has 0 aliphatic carbocycles. The lowest BCUT2D eigenvalue weighted by molar-refractivity contribution is 0.670. The number of benzene rings is 9. The summed E-state index contributed by atoms with van der Waals surface area (Å²) >= 11 is 0. The summed E-state index contributed by atoms with van der Waals surface area (Å²) < 4.78 is 6.71. The largest absolute Gasteiger partial charge is 0.455 e. The third kappa shape index (κ3) is 4.55. The van der Waals surface area contributed by atoms with Crippen molar-refractivity contribution >= 4 is 54.3 Å². The molecule has 0 unspecified atom stereocenters. The van der Waals surface area contributed by atoms with E-state index in [-0.39, 0.29) is 0 Å². The van der Waals surface area contributed by atoms with Crippen molar-refractivity contribution in [3.8, 4) is 33.4 Å². The lowest BCUT2D eigenvalue weighted by Gasteiger charge is -2.19. The predicted molar refractivity (Wildman–Crippen MR) is 212 cm³/mol. The normalized spacial score (nSPS) is 11.7. The SMILES string of the molecule is c1ccc(-c2cccc3c2oc2cccc(-c4c5ccccc5c(Cc5ccccc5-c5ccc6ccccc6c5)c5ccccc45)c23)cc1. The van der Waals surface area contributed by atoms with E-state index in [1.54, 1.807) is 0 Å². The van der Waals surface area contributed by atoms with Crippen molar-refractivity contribution in [1.29, 1.82) is 0 Å². The fourth-order valence-corrected chi connectivity index (χ4v) is 8.10. The Morgan fingerprint density at radius 2 is 0.980 bits per heavy atom. The van der Waals surface area contributed by atoms with Gasteiger partial charge in [0.25, 0.3) is 0 Å². The number of furan rings is 1. The zero-order valence-corrected chi connectivity index (χ0v) is 27.4. The molecule has 0 radical (unpaired) electrons. The summed E-state index contributed by atoms with van der Waals surface area (Å²) in [5, 5.41) is 9.89. The zero-order valence-electron chi connectivity index (χ0n) is 27.4. The molecular weight excluding hydrogens is 605 g/mol. The highest BCUT2D eigenvalue weighted by molar-refractivity contribution is 6.23. The van der Waals surface area contributed by atoms with Gasteiger partial charge in [0.05, 0.1) is 0 Å². The molecule has 0 aliphatic rings. The monoisotopic (exact) mass is 636 g/mol. The molecule has 234 valence electrons. The summed E-state index contributed by atoms with van der Waals surface area (Å²) in [5.74, 6) is 0. The molecule has 9 aromatic carbocycles. The molecular formula is C49H32O. The maximum absolute atomic E-state index is 6.71. The second-order valence-corrected chi connectivity index (χ2v) is 13.2. The maximum atomic E-state index is 6.71. The molecule has 0 spiro atoms. The fraction of sp³-hybridized carbons (Fsp3) is 0.0204. The Bertz CT molecular complexity index is 2840. The second-order valence-electron chi connectivity index (χ2n) is 13.2. The van der Waals surface area contributed by atoms with E-state index < -0.39 is 0 Å². The molecule has 0 bridgehead atoms. The molecule has 1 aromatic heterocycles. The highest BCUT2D eigenvalue weighted by Gasteiger charge is 2.21. The standard InChI is InChI=1S/C49H32O/c1-2-15-33(16-3-1)38-24-12-26-44-48-43(25-13-27-46(48)50-49(38)44)47-41-22-10-8-20-39(41)45(40-21-9-11-23-42(40)47)31-35-18-6-7-19-37(35)36-29-28-32-14-4-5-17-34(32)30-36/h1-30H,31H2. The molecule has 0 saturated carbocycles. The second kappa shape index (κ2) is 11.6. The van der Waals surface area contributed by atoms with Gasteiger partial charge in [0.15, 0.2) is 0 Å². The summed E-state index contributed by atoms with van der Waals surface area (Å²) in [7, 11) is 0. The van der Waals surface area contributed by atoms with Gasteiger partial charge in [-0.1, -0.05) is 170 Å². The van der Waals surface area contributed by atoms with E-state index in [1.165, 1.54) is 65.7 Å². The summed E-state index contributed by atoms with van der Waals surface area (Å²) in [5.41, 5.74) is 11.7. The van der Waals surface area contributed by atoms with Crippen LogP contribution in [-0.4, -0.2) is 0 Å². The molecule has 0 atom stereocenters. The van der Waals surface area contributed by atoms with E-state index in [2.05, 4.69) is 182 Å². The van der Waals surface area contributed by atoms with E-state index in [0.29, 0.717) is 0 Å². The molecule has 0 N–H and O–H groups in total. The van der Waals surface area contributed by atoms with Crippen LogP contribution in [0.3, 0.4) is 0 Å². The first-order valence-corrected chi connectivity index (χ1v) is 17.3. The number of para-hydroxylation sites is 1. The molecule has 0 aliphatic heterocycles. The van der Waals surface area contributed by atoms with E-state index in [1.807, 2.05) is 0 Å². The van der Waals surface area contributed by atoms with Crippen molar-refractivity contribution in [2.24, 2.45) is 0 Å². The maximum Gasteiger partial charge on any atom is 0.143 e. The molecule has 50 heavy (non-hydrogen) atoms. The van der Waals surface area contributed by atoms with Crippen LogP contribution in [0.1, 0.15) is 11.1 Å². The van der Waals surface area contributed by atoms with E-state index >= 15 is 0 Å². The van der Waals surface area contributed by atoms with Gasteiger partial charge in [0.1, 0.15) is 11.2 Å². The van der Waals surface area contributed by atoms with Crippen LogP contribution in [0.5, 0.6) is 0 Å². The number of hydrogen-bond donors (Lipinski definition) is 0. The van der Waals surface area contributed by atoms with Crippen molar-refractivity contribution < 1.29 is 4.42 Å². The molecule has 10 aromatic rings. The fourth-order valence-electron chi connectivity index (χ4n) is 8.10. The van der Waals surface area contributed by atoms with Crippen LogP contribution in [0.2, 0.25) is 0 Å². The van der Waals surface area contributed by atoms with Crippen LogP contribution < -0.4 is 0 Å². The Labute approximate surface area is 290 Å². The van der Waals surface area contributed by atoms with Crippen molar-refractivity contribution in [3.63, 3.8) is 0 Å². The smallest absolute Gasteiger partial charge is 0.143 e. The first kappa shape index (κ1) is 28.6. The minimum atomic E-state index is 0.823. The lowest BCUT2D eigenvalue weighted by Crippen LogP contribution is -1.97. The number of rotatable bonds is 5. The van der Waals surface area contributed by atoms with Crippen LogP contribution in [0.15, 0.2) is 186 Å². The zero-order chi connectivity index (χ0) is 33.0. The van der Waals surface area contributed by atoms with Crippen molar-refractivity contribution in [2.75, 3.05) is 0 Å². The Balaban J connectivity index is 1.21. The molecule has 0 fully saturated rings. The van der Waals surface area contributed by atoms with Gasteiger partial charge < -0.3 is 4.42 Å². The van der Waals surface area contributed by atoms with Crippen molar-refractivity contribution in [1.82, 2.24) is 0 Å². The Morgan fingerprint density at radius 3 is 1.78 bits per heavy atom. The highest BCUT2D eigenvalue weighted by Crippen LogP contribution is 2.46. The van der Waals surface area contributed by atoms with Crippen LogP contribution in [0, 0.1) is 0 Å². The molecule has 0 saturated heterocycles. The third-order valence-electron chi connectivity index (χ3n) is 10.4. The van der Waals surface area contributed by atoms with Crippen LogP contribution >= 0.6 is 0 Å². The summed E-state index contributed by atoms with van der Waals surface area (Å²) in [6.45, 7) is 0. The Hall–Kier alpha value is -6.44. The van der Waals surface area contributed by atoms with Gasteiger partial charge in [-0.3, -0.25) is 0 Å². The van der Waals surface area contributed by atoms with Crippen molar-refractivity contribution in [2.45, 2.75) is 6.42 Å². The Morgan fingerprint density at radius 1 is 0.380 bits per heavy atom. The van der Waals surface area contributed by atoms with Crippen LogP contribution in [0.4, 0.5) is 0 Å². The van der Waals surface area contributed by atoms with Gasteiger partial charge in [-0.25, -0.2) is 0 Å². The quantitative estimate of drug-likeness (QED) is 0.171. The average molecular weight is 637 g/mol. The van der Waals surface area contributed by atoms with Gasteiger partial charge in [0.2, 0.25) is 0 Å². The van der Waals surface area contributed by atoms with Gasteiger partial charge >= 0.3 is 0 Å². The minimum Gasteiger partial charge on any atom is -0.455 e. The van der Waals surface area contributed by atoms with E-state index in [9.17, 15) is 0 Å². The lowest BCUT2D eigenvalue weighted by atomic mass is 9.84. The third-order valence-corrected chi connectivity index (χ3v) is 10.4. The first-order valence-electron chi connectivity index (χ1n) is 17.3. The summed E-state index contributed by atoms with van der Waals surface area (Å²) in [6, 6.07) is 65.8. The molecule has 1 nitrogen and oxygen atoms in total. The van der Waals surface area contributed by atoms with Gasteiger partial charge in [-0.2, -0.15) is 0 Å². The molecule has 10 rings (SSSR count). The summed E-state index contributed by atoms with van der Waals surface area (Å²) in [6.07, 6.45) is 0.823. The molecule has 1 heterocycles. The van der Waals surface area contributed by atoms with E-state index in [0.717, 1.165) is 39.5 Å². The van der Waals surface area contributed by atoms with Crippen LogP contribution in [-0.2, 0) is 6.42 Å². The van der Waals surface area contributed by atoms with Crippen molar-refractivity contribution in [3.05, 3.63) is 193 Å². The topological polar surface area (TPSA) is 13.1 Å². The molecule has 1 heteroatoms. The first-order chi connectivity index (χ1) is 24.8. The predicted octanol–water partition coefficient (Wildman–Crippen LogP) is 13.6. The van der Waals surface area contributed by atoms with E-state index in [4.69, 9.17) is 4.42 Å². The number of fused-ring (bicyclic) bond motifs is 6. The van der Waals surface area contributed by atoms with Gasteiger partial charge in [-0.05, 0) is 89.8 Å². The molecule has 0 amide bonds. The van der Waals surface area contributed by atoms with Gasteiger partial charge in [0, 0.05) is 16.3 Å². The average Bonchev–Trinajstić information content (AvgIpc) is 3.58. The van der Waals surface area contributed by atoms with Crippen LogP contribution in [0.25, 0.3) is 87.6 Å². The highest BCUT2D eigenvalue weighted by atomic mass is 16.3. The summed E-state index contributed by atoms with van der Waals surface area (Å²) in [4.78, 5) is 0. The van der Waals surface area contributed by atoms with Gasteiger partial charge in [-0.15, -0.1) is 0 Å².